The van der Waals surface area contributed by atoms with Crippen molar-refractivity contribution in [2.24, 2.45) is 5.92 Å². The van der Waals surface area contributed by atoms with Crippen LogP contribution in [0.2, 0.25) is 0 Å². The molecule has 0 saturated carbocycles. The van der Waals surface area contributed by atoms with Crippen molar-refractivity contribution >= 4 is 11.8 Å². The number of nitrogens with zero attached hydrogens (tertiary/aromatic N) is 2. The van der Waals surface area contributed by atoms with Gasteiger partial charge in [-0.15, -0.1) is 0 Å². The summed E-state index contributed by atoms with van der Waals surface area (Å²) >= 11 is 0. The number of Topliss-reactive ketones (excluding diaryl/α,β-unsaturated/α-hetero) is 1. The molecule has 0 spiro atoms. The molecule has 2 heterocycles. The molecule has 1 fully saturated rings. The van der Waals surface area contributed by atoms with E-state index in [1.165, 1.54) is 24.3 Å². The Kier molecular flexibility index (Phi) is 5.38. The molecule has 0 bridgehead atoms. The van der Waals surface area contributed by atoms with Gasteiger partial charge in [0.2, 0.25) is 0 Å². The third kappa shape index (κ3) is 4.41. The van der Waals surface area contributed by atoms with Crippen molar-refractivity contribution in [2.45, 2.75) is 19.4 Å². The molecule has 25 heavy (non-hydrogen) atoms. The zero-order valence-corrected chi connectivity index (χ0v) is 13.8. The van der Waals surface area contributed by atoms with E-state index in [4.69, 9.17) is 0 Å². The molecule has 130 valence electrons. The van der Waals surface area contributed by atoms with Gasteiger partial charge in [-0.05, 0) is 48.7 Å². The van der Waals surface area contributed by atoms with Crippen LogP contribution in [0.3, 0.4) is 0 Å². The highest BCUT2D eigenvalue weighted by Gasteiger charge is 2.28. The van der Waals surface area contributed by atoms with Crippen molar-refractivity contribution in [1.29, 1.82) is 0 Å². The van der Waals surface area contributed by atoms with Gasteiger partial charge in [0.1, 0.15) is 5.82 Å². The van der Waals surface area contributed by atoms with Crippen LogP contribution in [0.4, 0.5) is 9.18 Å². The van der Waals surface area contributed by atoms with E-state index < -0.39 is 0 Å². The first-order chi connectivity index (χ1) is 12.1. The molecule has 1 saturated heterocycles. The lowest BCUT2D eigenvalue weighted by Crippen LogP contribution is -2.46. The summed E-state index contributed by atoms with van der Waals surface area (Å²) in [5.74, 6) is -0.648. The maximum atomic E-state index is 13.0. The lowest BCUT2D eigenvalue weighted by atomic mass is 9.90. The van der Waals surface area contributed by atoms with Gasteiger partial charge in [-0.25, -0.2) is 9.18 Å². The van der Waals surface area contributed by atoms with Crippen molar-refractivity contribution in [3.63, 3.8) is 0 Å². The quantitative estimate of drug-likeness (QED) is 0.870. The predicted molar refractivity (Wildman–Crippen MR) is 91.5 cm³/mol. The summed E-state index contributed by atoms with van der Waals surface area (Å²) in [5, 5.41) is 2.86. The molecule has 1 aromatic carbocycles. The van der Waals surface area contributed by atoms with Crippen LogP contribution in [0.5, 0.6) is 0 Å². The zero-order valence-electron chi connectivity index (χ0n) is 13.8. The number of aromatic nitrogens is 1. The van der Waals surface area contributed by atoms with Crippen LogP contribution >= 0.6 is 0 Å². The topological polar surface area (TPSA) is 62.3 Å². The zero-order chi connectivity index (χ0) is 17.6. The molecule has 1 unspecified atom stereocenters. The molecule has 5 nitrogen and oxygen atoms in total. The highest BCUT2D eigenvalue weighted by Crippen LogP contribution is 2.21. The van der Waals surface area contributed by atoms with Gasteiger partial charge in [-0.3, -0.25) is 9.78 Å². The monoisotopic (exact) mass is 341 g/mol. The molecule has 1 atom stereocenters. The molecule has 2 amide bonds. The first-order valence-corrected chi connectivity index (χ1v) is 8.35. The second kappa shape index (κ2) is 7.88. The lowest BCUT2D eigenvalue weighted by molar-refractivity contribution is 0.0845. The Bertz CT molecular complexity index is 734. The first kappa shape index (κ1) is 17.1. The first-order valence-electron chi connectivity index (χ1n) is 8.35. The summed E-state index contributed by atoms with van der Waals surface area (Å²) in [5.41, 5.74) is 1.41. The maximum absolute atomic E-state index is 13.0. The normalized spacial score (nSPS) is 17.2. The highest BCUT2D eigenvalue weighted by atomic mass is 19.1. The van der Waals surface area contributed by atoms with E-state index in [0.29, 0.717) is 25.2 Å². The van der Waals surface area contributed by atoms with E-state index in [9.17, 15) is 14.0 Å². The number of amides is 2. The van der Waals surface area contributed by atoms with Gasteiger partial charge < -0.3 is 10.2 Å². The number of hydrogen-bond acceptors (Lipinski definition) is 3. The van der Waals surface area contributed by atoms with Crippen LogP contribution < -0.4 is 5.32 Å². The number of pyridine rings is 1. The number of rotatable bonds is 4. The van der Waals surface area contributed by atoms with E-state index in [1.54, 1.807) is 17.3 Å². The maximum Gasteiger partial charge on any atom is 0.317 e. The Morgan fingerprint density at radius 2 is 2.04 bits per heavy atom. The average molecular weight is 341 g/mol. The molecule has 1 aliphatic rings. The third-order valence-electron chi connectivity index (χ3n) is 4.37. The van der Waals surface area contributed by atoms with Crippen molar-refractivity contribution < 1.29 is 14.0 Å². The molecule has 2 aromatic rings. The van der Waals surface area contributed by atoms with Crippen LogP contribution in [0.1, 0.15) is 28.8 Å². The summed E-state index contributed by atoms with van der Waals surface area (Å²) in [7, 11) is 0. The Hall–Kier alpha value is -2.76. The number of carbonyl (C=O) groups is 2. The highest BCUT2D eigenvalue weighted by molar-refractivity contribution is 5.98. The van der Waals surface area contributed by atoms with Crippen LogP contribution in [0, 0.1) is 11.7 Å². The molecule has 0 aliphatic carbocycles. The average Bonchev–Trinajstić information content (AvgIpc) is 2.67. The van der Waals surface area contributed by atoms with E-state index >= 15 is 0 Å². The fourth-order valence-corrected chi connectivity index (χ4v) is 3.02. The second-order valence-corrected chi connectivity index (χ2v) is 6.18. The van der Waals surface area contributed by atoms with E-state index in [0.717, 1.165) is 18.4 Å². The minimum absolute atomic E-state index is 0.0373. The minimum atomic E-state index is -0.364. The number of nitrogens with one attached hydrogen (secondary N) is 1. The third-order valence-corrected chi connectivity index (χ3v) is 4.37. The Balaban J connectivity index is 1.57. The van der Waals surface area contributed by atoms with Crippen molar-refractivity contribution in [2.75, 3.05) is 13.1 Å². The van der Waals surface area contributed by atoms with Crippen molar-refractivity contribution in [3.8, 4) is 0 Å². The SMILES string of the molecule is O=C(c1ccc(F)cc1)C1CCCN(C(=O)NCc2cccnc2)C1. The number of carbonyl (C=O) groups excluding carboxylic acids is 2. The molecule has 1 aliphatic heterocycles. The largest absolute Gasteiger partial charge is 0.334 e. The van der Waals surface area contributed by atoms with Crippen molar-refractivity contribution in [1.82, 2.24) is 15.2 Å². The molecule has 6 heteroatoms. The van der Waals surface area contributed by atoms with Gasteiger partial charge in [0.25, 0.3) is 0 Å². The van der Waals surface area contributed by atoms with E-state index in [2.05, 4.69) is 10.3 Å². The summed E-state index contributed by atoms with van der Waals surface area (Å²) in [6.45, 7) is 1.42. The van der Waals surface area contributed by atoms with Crippen LogP contribution in [-0.2, 0) is 6.54 Å². The van der Waals surface area contributed by atoms with Gasteiger partial charge in [-0.1, -0.05) is 6.07 Å². The number of urea groups is 1. The molecule has 0 radical (unpaired) electrons. The van der Waals surface area contributed by atoms with Gasteiger partial charge in [0, 0.05) is 43.5 Å². The standard InChI is InChI=1S/C19H20FN3O2/c20-17-7-5-15(6-8-17)18(24)16-4-2-10-23(13-16)19(25)22-12-14-3-1-9-21-11-14/h1,3,5-9,11,16H,2,4,10,12-13H2,(H,22,25). The number of piperidine rings is 1. The van der Waals surface area contributed by atoms with Crippen molar-refractivity contribution in [3.05, 3.63) is 65.7 Å². The molecule has 3 rings (SSSR count). The minimum Gasteiger partial charge on any atom is -0.334 e. The van der Waals surface area contributed by atoms with Gasteiger partial charge >= 0.3 is 6.03 Å². The molecular weight excluding hydrogens is 321 g/mol. The number of benzene rings is 1. The molecule has 1 aromatic heterocycles. The van der Waals surface area contributed by atoms with Crippen LogP contribution in [-0.4, -0.2) is 34.8 Å². The fraction of sp³-hybridized carbons (Fsp3) is 0.316. The van der Waals surface area contributed by atoms with Gasteiger partial charge in [-0.2, -0.15) is 0 Å². The smallest absolute Gasteiger partial charge is 0.317 e. The predicted octanol–water partition coefficient (Wildman–Crippen LogP) is 3.03. The summed E-state index contributed by atoms with van der Waals surface area (Å²) < 4.78 is 13.0. The van der Waals surface area contributed by atoms with Gasteiger partial charge in [0.15, 0.2) is 5.78 Å². The lowest BCUT2D eigenvalue weighted by Gasteiger charge is -2.32. The number of likely N-dealkylation sites (tertiary alicyclic amines) is 1. The summed E-state index contributed by atoms with van der Waals surface area (Å²) in [6, 6.07) is 9.10. The molecule has 1 N–H and O–H groups in total. The van der Waals surface area contributed by atoms with Gasteiger partial charge in [0.05, 0.1) is 0 Å². The van der Waals surface area contributed by atoms with Crippen LogP contribution in [0.25, 0.3) is 0 Å². The van der Waals surface area contributed by atoms with E-state index in [-0.39, 0.29) is 23.5 Å². The Morgan fingerprint density at radius 3 is 2.76 bits per heavy atom. The number of halogens is 1. The van der Waals surface area contributed by atoms with E-state index in [1.807, 2.05) is 12.1 Å². The number of hydrogen-bond donors (Lipinski definition) is 1. The molecular formula is C19H20FN3O2. The van der Waals surface area contributed by atoms with Crippen LogP contribution in [0.15, 0.2) is 48.8 Å². The number of ketones is 1. The Labute approximate surface area is 145 Å². The summed E-state index contributed by atoms with van der Waals surface area (Å²) in [6.07, 6.45) is 4.90. The fourth-order valence-electron chi connectivity index (χ4n) is 3.02. The second-order valence-electron chi connectivity index (χ2n) is 6.18. The Morgan fingerprint density at radius 1 is 1.24 bits per heavy atom. The summed E-state index contributed by atoms with van der Waals surface area (Å²) in [4.78, 5) is 30.6.